The Bertz CT molecular complexity index is 1060. The van der Waals surface area contributed by atoms with Crippen molar-refractivity contribution in [1.29, 1.82) is 0 Å². The Morgan fingerprint density at radius 1 is 1.27 bits per heavy atom. The maximum Gasteiger partial charge on any atom is 0.282 e. The highest BCUT2D eigenvalue weighted by molar-refractivity contribution is 8.03. The molecule has 2 amide bonds. The van der Waals surface area contributed by atoms with Crippen molar-refractivity contribution in [3.63, 3.8) is 0 Å². The van der Waals surface area contributed by atoms with Gasteiger partial charge >= 0.3 is 0 Å². The van der Waals surface area contributed by atoms with Gasteiger partial charge in [-0.25, -0.2) is 0 Å². The number of aliphatic carboxylic acids is 1. The number of nitrogens with two attached hydrogens (primary N) is 1. The van der Waals surface area contributed by atoms with E-state index in [0.717, 1.165) is 0 Å². The van der Waals surface area contributed by atoms with E-state index >= 15 is 0 Å². The SMILES string of the molecule is CC(O)C1C(=O)N2C(C(=O)[O-])=C(SC3C[NH2+][C@H](C(=O)Nc4cccc(C(=O)[O-])c4)C3)C(C)C12. The van der Waals surface area contributed by atoms with Gasteiger partial charge in [0, 0.05) is 22.9 Å². The smallest absolute Gasteiger partial charge is 0.282 e. The summed E-state index contributed by atoms with van der Waals surface area (Å²) in [6, 6.07) is 4.96. The fraction of sp³-hybridized carbons (Fsp3) is 0.455. The summed E-state index contributed by atoms with van der Waals surface area (Å²) < 4.78 is 0. The number of rotatable bonds is 7. The van der Waals surface area contributed by atoms with E-state index in [1.165, 1.54) is 41.8 Å². The molecule has 3 aliphatic heterocycles. The summed E-state index contributed by atoms with van der Waals surface area (Å²) in [7, 11) is 0. The van der Waals surface area contributed by atoms with Crippen LogP contribution in [0.2, 0.25) is 0 Å². The molecule has 0 radical (unpaired) electrons. The Labute approximate surface area is 194 Å². The first-order valence-corrected chi connectivity index (χ1v) is 11.6. The largest absolute Gasteiger partial charge is 0.545 e. The number of aliphatic hydroxyl groups is 1. The van der Waals surface area contributed by atoms with Crippen molar-refractivity contribution in [2.24, 2.45) is 11.8 Å². The number of hydrogen-bond acceptors (Lipinski definition) is 8. The average Bonchev–Trinajstić information content (AvgIpc) is 3.30. The molecule has 176 valence electrons. The molecule has 4 N–H and O–H groups in total. The molecule has 0 spiro atoms. The minimum absolute atomic E-state index is 0.0386. The van der Waals surface area contributed by atoms with Crippen molar-refractivity contribution in [2.75, 3.05) is 11.9 Å². The number of aromatic carboxylic acids is 1. The van der Waals surface area contributed by atoms with Crippen LogP contribution in [0.5, 0.6) is 0 Å². The number of nitrogens with zero attached hydrogens (tertiary/aromatic N) is 1. The number of aliphatic hydroxyl groups excluding tert-OH is 1. The van der Waals surface area contributed by atoms with Gasteiger partial charge in [0.1, 0.15) is 0 Å². The number of thioether (sulfide) groups is 1. The lowest BCUT2D eigenvalue weighted by molar-refractivity contribution is -0.656. The van der Waals surface area contributed by atoms with Crippen LogP contribution in [0.3, 0.4) is 0 Å². The van der Waals surface area contributed by atoms with Gasteiger partial charge in [-0.1, -0.05) is 19.1 Å². The minimum atomic E-state index is -1.42. The minimum Gasteiger partial charge on any atom is -0.545 e. The van der Waals surface area contributed by atoms with E-state index in [1.54, 1.807) is 6.07 Å². The number of β-lactam (4-membered cyclic amide) rings is 1. The number of carboxylic acid groups (broad SMARTS) is 2. The average molecular weight is 475 g/mol. The lowest BCUT2D eigenvalue weighted by Gasteiger charge is -2.47. The number of benzene rings is 1. The molecule has 2 saturated heterocycles. The fourth-order valence-electron chi connectivity index (χ4n) is 4.91. The second-order valence-electron chi connectivity index (χ2n) is 8.67. The fourth-order valence-corrected chi connectivity index (χ4v) is 6.43. The van der Waals surface area contributed by atoms with Crippen LogP contribution < -0.4 is 20.8 Å². The zero-order valence-electron chi connectivity index (χ0n) is 18.0. The highest BCUT2D eigenvalue weighted by Crippen LogP contribution is 2.51. The van der Waals surface area contributed by atoms with Crippen LogP contribution in [0, 0.1) is 11.8 Å². The third kappa shape index (κ3) is 4.11. The van der Waals surface area contributed by atoms with Gasteiger partial charge in [0.05, 0.1) is 47.5 Å². The zero-order valence-corrected chi connectivity index (χ0v) is 18.8. The van der Waals surface area contributed by atoms with Gasteiger partial charge in [0.25, 0.3) is 5.91 Å². The third-order valence-electron chi connectivity index (χ3n) is 6.50. The number of nitrogens with one attached hydrogen (secondary N) is 1. The molecular weight excluding hydrogens is 450 g/mol. The highest BCUT2D eigenvalue weighted by Gasteiger charge is 2.59. The van der Waals surface area contributed by atoms with E-state index in [2.05, 4.69) is 5.32 Å². The Morgan fingerprint density at radius 2 is 2.00 bits per heavy atom. The molecule has 6 atom stereocenters. The standard InChI is InChI=1S/C22H25N3O7S/c1-9-16-15(10(2)26)20(28)25(16)17(22(31)32)18(9)33-13-7-14(23-8-13)19(27)24-12-5-3-4-11(6-12)21(29)30/h3-6,9-10,13-16,23,26H,7-8H2,1-2H3,(H,24,27)(H,29,30)(H,31,32)/p-1/t9?,10?,13?,14-,15?,16?/m0/s1. The molecule has 0 aliphatic carbocycles. The van der Waals surface area contributed by atoms with Crippen molar-refractivity contribution >= 4 is 41.2 Å². The van der Waals surface area contributed by atoms with Gasteiger partial charge in [-0.2, -0.15) is 0 Å². The predicted octanol–water partition coefficient (Wildman–Crippen LogP) is -2.75. The Balaban J connectivity index is 1.43. The van der Waals surface area contributed by atoms with Crippen molar-refractivity contribution in [3.8, 4) is 0 Å². The third-order valence-corrected chi connectivity index (χ3v) is 8.04. The van der Waals surface area contributed by atoms with Gasteiger partial charge < -0.3 is 40.4 Å². The molecule has 1 aromatic rings. The number of amides is 2. The summed E-state index contributed by atoms with van der Waals surface area (Å²) in [5, 5.41) is 37.3. The van der Waals surface area contributed by atoms with Crippen LogP contribution in [-0.2, 0) is 14.4 Å². The number of anilines is 1. The maximum atomic E-state index is 12.7. The van der Waals surface area contributed by atoms with Crippen LogP contribution >= 0.6 is 11.8 Å². The maximum absolute atomic E-state index is 12.7. The number of carbonyl (C=O) groups excluding carboxylic acids is 4. The van der Waals surface area contributed by atoms with Crippen LogP contribution in [0.4, 0.5) is 5.69 Å². The first-order valence-electron chi connectivity index (χ1n) is 10.7. The quantitative estimate of drug-likeness (QED) is 0.358. The molecule has 4 rings (SSSR count). The van der Waals surface area contributed by atoms with E-state index in [1.807, 2.05) is 12.2 Å². The molecule has 11 heteroatoms. The Kier molecular flexibility index (Phi) is 6.21. The topological polar surface area (TPSA) is 167 Å². The Hall–Kier alpha value is -2.89. The van der Waals surface area contributed by atoms with Crippen molar-refractivity contribution in [3.05, 3.63) is 40.4 Å². The summed E-state index contributed by atoms with van der Waals surface area (Å²) in [5.74, 6) is -4.36. The van der Waals surface area contributed by atoms with E-state index in [-0.39, 0.29) is 28.3 Å². The molecule has 3 heterocycles. The van der Waals surface area contributed by atoms with E-state index in [9.17, 15) is 34.5 Å². The van der Waals surface area contributed by atoms with Gasteiger partial charge in [-0.05, 0) is 24.6 Å². The van der Waals surface area contributed by atoms with E-state index in [4.69, 9.17) is 0 Å². The number of carboxylic acids is 2. The molecular formula is C22H24N3O7S-. The lowest BCUT2D eigenvalue weighted by atomic mass is 9.79. The Morgan fingerprint density at radius 3 is 2.64 bits per heavy atom. The van der Waals surface area contributed by atoms with Gasteiger partial charge in [-0.3, -0.25) is 9.59 Å². The van der Waals surface area contributed by atoms with Crippen LogP contribution in [-0.4, -0.2) is 63.7 Å². The van der Waals surface area contributed by atoms with Gasteiger partial charge in [0.15, 0.2) is 6.04 Å². The lowest BCUT2D eigenvalue weighted by Crippen LogP contribution is -2.89. The summed E-state index contributed by atoms with van der Waals surface area (Å²) in [4.78, 5) is 49.7. The van der Waals surface area contributed by atoms with E-state index < -0.39 is 42.0 Å². The van der Waals surface area contributed by atoms with Gasteiger partial charge in [-0.15, -0.1) is 11.8 Å². The summed E-state index contributed by atoms with van der Waals surface area (Å²) in [6.07, 6.45) is -0.414. The molecule has 5 unspecified atom stereocenters. The van der Waals surface area contributed by atoms with Crippen LogP contribution in [0.15, 0.2) is 34.9 Å². The van der Waals surface area contributed by atoms with Crippen LogP contribution in [0.25, 0.3) is 0 Å². The van der Waals surface area contributed by atoms with Crippen molar-refractivity contribution < 1.29 is 39.8 Å². The van der Waals surface area contributed by atoms with Crippen LogP contribution in [0.1, 0.15) is 30.6 Å². The predicted molar refractivity (Wildman–Crippen MR) is 113 cm³/mol. The molecule has 33 heavy (non-hydrogen) atoms. The summed E-state index contributed by atoms with van der Waals surface area (Å²) in [6.45, 7) is 3.93. The normalized spacial score (nSPS) is 29.5. The molecule has 2 fully saturated rings. The van der Waals surface area contributed by atoms with Crippen molar-refractivity contribution in [1.82, 2.24) is 4.90 Å². The zero-order chi connectivity index (χ0) is 24.0. The number of carbonyl (C=O) groups is 4. The highest BCUT2D eigenvalue weighted by atomic mass is 32.2. The molecule has 1 aromatic carbocycles. The number of quaternary nitrogens is 1. The van der Waals surface area contributed by atoms with E-state index in [0.29, 0.717) is 23.6 Å². The van der Waals surface area contributed by atoms with Gasteiger partial charge in [0.2, 0.25) is 5.91 Å². The molecule has 0 saturated carbocycles. The van der Waals surface area contributed by atoms with Crippen molar-refractivity contribution in [2.45, 2.75) is 43.7 Å². The first-order chi connectivity index (χ1) is 15.6. The summed E-state index contributed by atoms with van der Waals surface area (Å²) >= 11 is 1.34. The molecule has 10 nitrogen and oxygen atoms in total. The second kappa shape index (κ2) is 8.81. The molecule has 3 aliphatic rings. The first kappa shape index (κ1) is 23.3. The monoisotopic (exact) mass is 474 g/mol. The molecule has 0 bridgehead atoms. The number of fused-ring (bicyclic) bond motifs is 1. The summed E-state index contributed by atoms with van der Waals surface area (Å²) in [5.41, 5.74) is 0.180. The molecule has 0 aromatic heterocycles. The second-order valence-corrected chi connectivity index (χ2v) is 10.0. The number of hydrogen-bond donors (Lipinski definition) is 3.